The molecule has 4 nitrogen and oxygen atoms in total. The van der Waals surface area contributed by atoms with Crippen molar-refractivity contribution in [2.45, 2.75) is 0 Å². The standard InChI is InChI=1S/C4H12N.H2O.2O.Ti/c1-5(2,3)4;;;;/h1-4H3;1H2;;;/q+1;;;-1;+1/p-1. The van der Waals surface area contributed by atoms with Crippen molar-refractivity contribution in [3.05, 3.63) is 0 Å². The van der Waals surface area contributed by atoms with Crippen LogP contribution in [0.4, 0.5) is 0 Å². The molecule has 1 N–H and O–H groups in total. The third-order valence-electron chi connectivity index (χ3n) is 0. The summed E-state index contributed by atoms with van der Waals surface area (Å²) in [6.07, 6.45) is 0. The maximum absolute atomic E-state index is 8.69. The number of hydrogen-bond acceptors (Lipinski definition) is 2. The predicted molar refractivity (Wildman–Crippen MR) is 26.9 cm³/mol. The summed E-state index contributed by atoms with van der Waals surface area (Å²) < 4.78 is 25.5. The molecule has 5 heteroatoms. The van der Waals surface area contributed by atoms with Gasteiger partial charge < -0.3 is 4.48 Å². The molecule has 56 valence electrons. The second kappa shape index (κ2) is 5.20. The minimum absolute atomic E-state index is 1.00. The van der Waals surface area contributed by atoms with Gasteiger partial charge in [-0.2, -0.15) is 0 Å². The number of hydrogen-bond donors (Lipinski definition) is 1. The normalized spacial score (nSPS) is 9.56. The molecule has 0 aromatic heterocycles. The van der Waals surface area contributed by atoms with Gasteiger partial charge >= 0.3 is 29.3 Å². The van der Waals surface area contributed by atoms with E-state index < -0.39 is 18.6 Å². The molecule has 0 rings (SSSR count). The van der Waals surface area contributed by atoms with Gasteiger partial charge in [-0.05, 0) is 0 Å². The van der Waals surface area contributed by atoms with Crippen molar-refractivity contribution < 1.29 is 33.8 Å². The Morgan fingerprint density at radius 3 is 1.33 bits per heavy atom. The molecule has 0 aromatic rings. The van der Waals surface area contributed by atoms with Gasteiger partial charge in [0.05, 0.1) is 28.2 Å². The average molecular weight is 171 g/mol. The first kappa shape index (κ1) is 12.1. The van der Waals surface area contributed by atoms with Crippen LogP contribution in [0.1, 0.15) is 0 Å². The zero-order valence-corrected chi connectivity index (χ0v) is 7.77. The van der Waals surface area contributed by atoms with Gasteiger partial charge in [0.2, 0.25) is 0 Å². The summed E-state index contributed by atoms with van der Waals surface area (Å²) in [4.78, 5) is 0. The molecule has 0 unspecified atom stereocenters. The van der Waals surface area contributed by atoms with Crippen LogP contribution in [0.3, 0.4) is 0 Å². The summed E-state index contributed by atoms with van der Waals surface area (Å²) in [5.41, 5.74) is 0. The van der Waals surface area contributed by atoms with Crippen molar-refractivity contribution >= 4 is 0 Å². The van der Waals surface area contributed by atoms with E-state index >= 15 is 0 Å². The SMILES string of the molecule is C[N+](C)(C)C.[O]=[Ti]([O-])[OH]. The van der Waals surface area contributed by atoms with Crippen LogP contribution < -0.4 is 3.69 Å². The monoisotopic (exact) mass is 171 g/mol. The van der Waals surface area contributed by atoms with Gasteiger partial charge in [0.15, 0.2) is 0 Å². The Labute approximate surface area is 62.4 Å². The zero-order chi connectivity index (χ0) is 8.08. The first-order chi connectivity index (χ1) is 3.73. The van der Waals surface area contributed by atoms with E-state index in [0.717, 1.165) is 4.48 Å². The van der Waals surface area contributed by atoms with Gasteiger partial charge in [0.25, 0.3) is 0 Å². The van der Waals surface area contributed by atoms with Gasteiger partial charge in [-0.15, -0.1) is 0 Å². The Balaban J connectivity index is 0. The summed E-state index contributed by atoms with van der Waals surface area (Å²) in [6.45, 7) is 0. The Hall–Kier alpha value is 0.394. The molecule has 0 spiro atoms. The first-order valence-corrected chi connectivity index (χ1v) is 4.39. The molecule has 9 heavy (non-hydrogen) atoms. The van der Waals surface area contributed by atoms with E-state index in [1.165, 1.54) is 0 Å². The molecule has 0 saturated heterocycles. The van der Waals surface area contributed by atoms with E-state index in [2.05, 4.69) is 28.2 Å². The van der Waals surface area contributed by atoms with Gasteiger partial charge in [0, 0.05) is 0 Å². The summed E-state index contributed by atoms with van der Waals surface area (Å²) in [5, 5.41) is 0. The van der Waals surface area contributed by atoms with E-state index in [9.17, 15) is 0 Å². The second-order valence-electron chi connectivity index (χ2n) is 2.95. The zero-order valence-electron chi connectivity index (χ0n) is 6.21. The van der Waals surface area contributed by atoms with Crippen molar-refractivity contribution in [2.75, 3.05) is 28.2 Å². The van der Waals surface area contributed by atoms with E-state index in [1.807, 2.05) is 0 Å². The molecule has 0 amide bonds. The van der Waals surface area contributed by atoms with E-state index in [-0.39, 0.29) is 0 Å². The van der Waals surface area contributed by atoms with Crippen molar-refractivity contribution in [1.82, 2.24) is 0 Å². The van der Waals surface area contributed by atoms with Gasteiger partial charge in [0.1, 0.15) is 0 Å². The van der Waals surface area contributed by atoms with Crippen molar-refractivity contribution in [3.63, 3.8) is 0 Å². The second-order valence-corrected chi connectivity index (χ2v) is 3.78. The van der Waals surface area contributed by atoms with Crippen LogP contribution in [-0.4, -0.2) is 36.4 Å². The van der Waals surface area contributed by atoms with Crippen molar-refractivity contribution in [2.24, 2.45) is 0 Å². The topological polar surface area (TPSA) is 60.4 Å². The molecule has 0 aliphatic rings. The summed E-state index contributed by atoms with van der Waals surface area (Å²) in [5.74, 6) is 0. The van der Waals surface area contributed by atoms with Gasteiger partial charge in [-0.1, -0.05) is 0 Å². The van der Waals surface area contributed by atoms with Crippen LogP contribution in [0, 0.1) is 0 Å². The quantitative estimate of drug-likeness (QED) is 0.354. The first-order valence-electron chi connectivity index (χ1n) is 2.42. The van der Waals surface area contributed by atoms with Crippen molar-refractivity contribution in [1.29, 1.82) is 0 Å². The Bertz CT molecular complexity index is 78.3. The van der Waals surface area contributed by atoms with Crippen molar-refractivity contribution in [3.8, 4) is 0 Å². The van der Waals surface area contributed by atoms with Gasteiger partial charge in [-0.3, -0.25) is 0 Å². The molecule has 0 fully saturated rings. The summed E-state index contributed by atoms with van der Waals surface area (Å²) >= 11 is -3.83. The van der Waals surface area contributed by atoms with Crippen LogP contribution in [0.25, 0.3) is 0 Å². The van der Waals surface area contributed by atoms with Crippen LogP contribution in [-0.2, 0) is 21.9 Å². The Kier molecular flexibility index (Phi) is 7.00. The Morgan fingerprint density at radius 2 is 1.33 bits per heavy atom. The third-order valence-corrected chi connectivity index (χ3v) is 0. The number of nitrogens with zero attached hydrogens (tertiary/aromatic N) is 1. The predicted octanol–water partition coefficient (Wildman–Crippen LogP) is -1.54. The van der Waals surface area contributed by atoms with Crippen LogP contribution in [0.15, 0.2) is 0 Å². The molecule has 0 atom stereocenters. The summed E-state index contributed by atoms with van der Waals surface area (Å²) in [7, 11) is 8.50. The summed E-state index contributed by atoms with van der Waals surface area (Å²) in [6, 6.07) is 0. The third kappa shape index (κ3) is 2210. The molecule has 0 radical (unpaired) electrons. The fraction of sp³-hybridized carbons (Fsp3) is 1.00. The Morgan fingerprint density at radius 1 is 1.33 bits per heavy atom. The minimum atomic E-state index is -3.83. The number of rotatable bonds is 0. The molecule has 0 aliphatic carbocycles. The fourth-order valence-corrected chi connectivity index (χ4v) is 0. The molecule has 0 saturated carbocycles. The van der Waals surface area contributed by atoms with Crippen LogP contribution in [0.5, 0.6) is 0 Å². The molecule has 0 aliphatic heterocycles. The van der Waals surface area contributed by atoms with E-state index in [4.69, 9.17) is 10.7 Å². The van der Waals surface area contributed by atoms with Crippen LogP contribution >= 0.6 is 0 Å². The molecular weight excluding hydrogens is 158 g/mol. The molecular formula is C4H13NO3Ti. The average Bonchev–Trinajstić information content (AvgIpc) is 1.19. The van der Waals surface area contributed by atoms with E-state index in [0.29, 0.717) is 0 Å². The number of quaternary nitrogens is 1. The fourth-order valence-electron chi connectivity index (χ4n) is 0. The van der Waals surface area contributed by atoms with Crippen LogP contribution in [0.2, 0.25) is 0 Å². The molecule has 0 aromatic carbocycles. The maximum atomic E-state index is 8.69. The molecule has 0 bridgehead atoms. The van der Waals surface area contributed by atoms with E-state index in [1.54, 1.807) is 0 Å². The van der Waals surface area contributed by atoms with Gasteiger partial charge in [-0.25, -0.2) is 0 Å². The molecule has 0 heterocycles.